The van der Waals surface area contributed by atoms with Crippen molar-refractivity contribution in [3.63, 3.8) is 0 Å². The van der Waals surface area contributed by atoms with Gasteiger partial charge in [-0.15, -0.1) is 0 Å². The quantitative estimate of drug-likeness (QED) is 0.479. The van der Waals surface area contributed by atoms with Gasteiger partial charge in [-0.2, -0.15) is 4.31 Å². The average molecular weight is 422 g/mol. The number of aryl methyl sites for hydroxylation is 2. The van der Waals surface area contributed by atoms with Crippen LogP contribution in [0.1, 0.15) is 25.1 Å². The van der Waals surface area contributed by atoms with E-state index in [4.69, 9.17) is 9.47 Å². The Hall–Kier alpha value is -2.39. The molecule has 2 aromatic rings. The molecule has 0 N–H and O–H groups in total. The van der Waals surface area contributed by atoms with Gasteiger partial charge in [0, 0.05) is 32.8 Å². The summed E-state index contributed by atoms with van der Waals surface area (Å²) in [6.45, 7) is 3.09. The van der Waals surface area contributed by atoms with Crippen LogP contribution in [0.15, 0.2) is 41.6 Å². The zero-order valence-electron chi connectivity index (χ0n) is 16.8. The third-order valence-electron chi connectivity index (χ3n) is 5.02. The predicted molar refractivity (Wildman–Crippen MR) is 107 cm³/mol. The Kier molecular flexibility index (Phi) is 6.92. The second-order valence-corrected chi connectivity index (χ2v) is 8.98. The molecule has 1 aromatic heterocycles. The molecule has 0 amide bonds. The summed E-state index contributed by atoms with van der Waals surface area (Å²) in [5, 5.41) is 0.0527. The molecule has 1 aromatic carbocycles. The van der Waals surface area contributed by atoms with Gasteiger partial charge >= 0.3 is 5.97 Å². The molecule has 3 rings (SSSR count). The lowest BCUT2D eigenvalue weighted by atomic mass is 9.98. The summed E-state index contributed by atoms with van der Waals surface area (Å²) in [5.41, 5.74) is 0. The molecule has 8 nitrogen and oxygen atoms in total. The number of para-hydroxylation sites is 1. The van der Waals surface area contributed by atoms with Gasteiger partial charge in [0.15, 0.2) is 5.03 Å². The monoisotopic (exact) mass is 421 g/mol. The Morgan fingerprint density at radius 3 is 2.48 bits per heavy atom. The highest BCUT2D eigenvalue weighted by atomic mass is 32.2. The van der Waals surface area contributed by atoms with E-state index in [1.807, 2.05) is 30.3 Å². The van der Waals surface area contributed by atoms with Gasteiger partial charge < -0.3 is 14.0 Å². The van der Waals surface area contributed by atoms with E-state index in [2.05, 4.69) is 4.98 Å². The van der Waals surface area contributed by atoms with E-state index in [9.17, 15) is 13.2 Å². The number of esters is 1. The summed E-state index contributed by atoms with van der Waals surface area (Å²) in [5.74, 6) is 0.881. The van der Waals surface area contributed by atoms with Crippen LogP contribution in [0.5, 0.6) is 5.75 Å². The maximum absolute atomic E-state index is 12.7. The second kappa shape index (κ2) is 9.41. The van der Waals surface area contributed by atoms with Crippen molar-refractivity contribution in [2.75, 3.05) is 26.3 Å². The molecule has 1 fully saturated rings. The van der Waals surface area contributed by atoms with Crippen molar-refractivity contribution in [2.24, 2.45) is 13.0 Å². The first-order chi connectivity index (χ1) is 13.9. The first-order valence-corrected chi connectivity index (χ1v) is 11.2. The van der Waals surface area contributed by atoms with Crippen LogP contribution in [0, 0.1) is 12.8 Å². The van der Waals surface area contributed by atoms with E-state index in [0.717, 1.165) is 5.75 Å². The van der Waals surface area contributed by atoms with Gasteiger partial charge in [-0.05, 0) is 31.9 Å². The maximum atomic E-state index is 12.7. The van der Waals surface area contributed by atoms with Gasteiger partial charge in [-0.3, -0.25) is 4.79 Å². The Labute approximate surface area is 171 Å². The smallest absolute Gasteiger partial charge is 0.309 e. The van der Waals surface area contributed by atoms with E-state index in [1.54, 1.807) is 18.5 Å². The van der Waals surface area contributed by atoms with E-state index in [1.165, 1.54) is 10.5 Å². The summed E-state index contributed by atoms with van der Waals surface area (Å²) >= 11 is 0. The van der Waals surface area contributed by atoms with Crippen molar-refractivity contribution in [1.29, 1.82) is 0 Å². The number of ether oxygens (including phenoxy) is 2. The fourth-order valence-electron chi connectivity index (χ4n) is 3.17. The summed E-state index contributed by atoms with van der Waals surface area (Å²) in [7, 11) is -1.87. The van der Waals surface area contributed by atoms with Crippen molar-refractivity contribution >= 4 is 16.0 Å². The number of sulfonamides is 1. The number of carbonyl (C=O) groups excluding carboxylic acids is 1. The standard InChI is InChI=1S/C20H27N3O5S/c1-16-21-19(15-22(16)2)29(25,26)23-11-9-17(10-12-23)20(24)28-14-6-13-27-18-7-4-3-5-8-18/h3-5,7-8,15,17H,6,9-14H2,1-2H3. The van der Waals surface area contributed by atoms with Gasteiger partial charge in [0.1, 0.15) is 11.6 Å². The van der Waals surface area contributed by atoms with E-state index in [0.29, 0.717) is 31.7 Å². The molecule has 0 bridgehead atoms. The van der Waals surface area contributed by atoms with E-state index >= 15 is 0 Å². The highest BCUT2D eigenvalue weighted by molar-refractivity contribution is 7.89. The van der Waals surface area contributed by atoms with Gasteiger partial charge in [-0.1, -0.05) is 18.2 Å². The Balaban J connectivity index is 1.40. The molecule has 0 unspecified atom stereocenters. The predicted octanol–water partition coefficient (Wildman–Crippen LogP) is 2.14. The lowest BCUT2D eigenvalue weighted by Crippen LogP contribution is -2.40. The lowest BCUT2D eigenvalue weighted by Gasteiger charge is -2.29. The zero-order valence-corrected chi connectivity index (χ0v) is 17.6. The summed E-state index contributed by atoms with van der Waals surface area (Å²) in [6.07, 6.45) is 3.02. The zero-order chi connectivity index (χ0) is 20.9. The van der Waals surface area contributed by atoms with Crippen molar-refractivity contribution < 1.29 is 22.7 Å². The number of piperidine rings is 1. The van der Waals surface area contributed by atoms with Crippen LogP contribution in [-0.2, 0) is 26.6 Å². The number of hydrogen-bond acceptors (Lipinski definition) is 6. The molecule has 29 heavy (non-hydrogen) atoms. The number of aromatic nitrogens is 2. The Morgan fingerprint density at radius 1 is 1.17 bits per heavy atom. The molecule has 0 saturated carbocycles. The molecule has 9 heteroatoms. The van der Waals surface area contributed by atoms with Crippen molar-refractivity contribution in [3.05, 3.63) is 42.4 Å². The molecule has 1 saturated heterocycles. The first kappa shape index (κ1) is 21.3. The van der Waals surface area contributed by atoms with Crippen LogP contribution in [0.3, 0.4) is 0 Å². The third-order valence-corrected chi connectivity index (χ3v) is 6.79. The minimum absolute atomic E-state index is 0.0527. The van der Waals surface area contributed by atoms with Crippen LogP contribution < -0.4 is 4.74 Å². The number of rotatable bonds is 8. The van der Waals surface area contributed by atoms with Crippen LogP contribution in [-0.4, -0.2) is 54.5 Å². The average Bonchev–Trinajstić information content (AvgIpc) is 3.08. The number of benzene rings is 1. The van der Waals surface area contributed by atoms with E-state index < -0.39 is 10.0 Å². The van der Waals surface area contributed by atoms with Crippen LogP contribution in [0.25, 0.3) is 0 Å². The van der Waals surface area contributed by atoms with Gasteiger partial charge in [-0.25, -0.2) is 13.4 Å². The fourth-order valence-corrected chi connectivity index (χ4v) is 4.67. The number of hydrogen-bond donors (Lipinski definition) is 0. The molecule has 0 aliphatic carbocycles. The fraction of sp³-hybridized carbons (Fsp3) is 0.500. The number of nitrogens with zero attached hydrogens (tertiary/aromatic N) is 3. The minimum Gasteiger partial charge on any atom is -0.493 e. The molecular weight excluding hydrogens is 394 g/mol. The largest absolute Gasteiger partial charge is 0.493 e. The molecular formula is C20H27N3O5S. The van der Waals surface area contributed by atoms with Crippen molar-refractivity contribution in [2.45, 2.75) is 31.2 Å². The SMILES string of the molecule is Cc1nc(S(=O)(=O)N2CCC(C(=O)OCCCOc3ccccc3)CC2)cn1C. The maximum Gasteiger partial charge on any atom is 0.309 e. The van der Waals surface area contributed by atoms with Crippen LogP contribution in [0.4, 0.5) is 0 Å². The van der Waals surface area contributed by atoms with Gasteiger partial charge in [0.05, 0.1) is 19.1 Å². The van der Waals surface area contributed by atoms with Gasteiger partial charge in [0.2, 0.25) is 0 Å². The third kappa shape index (κ3) is 5.36. The first-order valence-electron chi connectivity index (χ1n) is 9.72. The highest BCUT2D eigenvalue weighted by Gasteiger charge is 2.34. The molecule has 1 aliphatic rings. The van der Waals surface area contributed by atoms with E-state index in [-0.39, 0.29) is 36.6 Å². The molecule has 158 valence electrons. The Bertz CT molecular complexity index is 899. The molecule has 0 spiro atoms. The van der Waals surface area contributed by atoms with Crippen molar-refractivity contribution in [1.82, 2.24) is 13.9 Å². The minimum atomic E-state index is -3.63. The summed E-state index contributed by atoms with van der Waals surface area (Å²) in [4.78, 5) is 16.4. The molecule has 0 atom stereocenters. The summed E-state index contributed by atoms with van der Waals surface area (Å²) in [6, 6.07) is 9.47. The highest BCUT2D eigenvalue weighted by Crippen LogP contribution is 2.24. The lowest BCUT2D eigenvalue weighted by molar-refractivity contribution is -0.150. The molecule has 1 aliphatic heterocycles. The second-order valence-electron chi connectivity index (χ2n) is 7.10. The number of imidazole rings is 1. The Morgan fingerprint density at radius 2 is 1.86 bits per heavy atom. The number of carbonyl (C=O) groups is 1. The normalized spacial score (nSPS) is 15.9. The molecule has 0 radical (unpaired) electrons. The van der Waals surface area contributed by atoms with Crippen LogP contribution >= 0.6 is 0 Å². The van der Waals surface area contributed by atoms with Gasteiger partial charge in [0.25, 0.3) is 10.0 Å². The van der Waals surface area contributed by atoms with Crippen molar-refractivity contribution in [3.8, 4) is 5.75 Å². The summed E-state index contributed by atoms with van der Waals surface area (Å²) < 4.78 is 39.4. The molecule has 2 heterocycles. The topological polar surface area (TPSA) is 90.7 Å². The van der Waals surface area contributed by atoms with Crippen LogP contribution in [0.2, 0.25) is 0 Å².